The number of pyridine rings is 1. The molecule has 0 unspecified atom stereocenters. The van der Waals surface area contributed by atoms with Gasteiger partial charge in [-0.15, -0.1) is 0 Å². The molecule has 0 aliphatic rings. The van der Waals surface area contributed by atoms with Crippen LogP contribution in [0.1, 0.15) is 5.56 Å². The normalized spacial score (nSPS) is 11.0. The smallest absolute Gasteiger partial charge is 0.178 e. The van der Waals surface area contributed by atoms with E-state index in [0.29, 0.717) is 0 Å². The predicted molar refractivity (Wildman–Crippen MR) is 56.2 cm³/mol. The largest absolute Gasteiger partial charge is 0.336 e. The van der Waals surface area contributed by atoms with Crippen LogP contribution in [0.25, 0.3) is 22.6 Å². The molecule has 0 fully saturated rings. The summed E-state index contributed by atoms with van der Waals surface area (Å²) in [5.74, 6) is 0.789. The summed E-state index contributed by atoms with van der Waals surface area (Å²) in [6.07, 6.45) is 5.33. The highest BCUT2D eigenvalue weighted by Crippen LogP contribution is 2.18. The van der Waals surface area contributed by atoms with Gasteiger partial charge < -0.3 is 4.98 Å². The summed E-state index contributed by atoms with van der Waals surface area (Å²) in [4.78, 5) is 11.8. The first kappa shape index (κ1) is 8.16. The van der Waals surface area contributed by atoms with Crippen molar-refractivity contribution in [3.05, 3.63) is 30.2 Å². The standard InChI is InChI=1S/C10H9N5/c1-6-2-8-10(11-3-6)15-9(14-8)7-4-12-13-5-7/h2-5H,1H3,(H,12,13)(H,11,14,15). The number of nitrogens with zero attached hydrogens (tertiary/aromatic N) is 3. The predicted octanol–water partition coefficient (Wildman–Crippen LogP) is 1.66. The van der Waals surface area contributed by atoms with E-state index in [1.807, 2.05) is 19.2 Å². The van der Waals surface area contributed by atoms with Crippen molar-refractivity contribution in [2.24, 2.45) is 0 Å². The molecule has 15 heavy (non-hydrogen) atoms. The quantitative estimate of drug-likeness (QED) is 0.626. The minimum Gasteiger partial charge on any atom is -0.336 e. The number of rotatable bonds is 1. The number of hydrogen-bond acceptors (Lipinski definition) is 3. The SMILES string of the molecule is Cc1cnc2nc(-c3cn[nH]c3)[nH]c2c1. The molecule has 5 heteroatoms. The highest BCUT2D eigenvalue weighted by molar-refractivity contribution is 5.75. The molecule has 0 amide bonds. The maximum atomic E-state index is 4.37. The number of hydrogen-bond donors (Lipinski definition) is 2. The van der Waals surface area contributed by atoms with Gasteiger partial charge in [-0.05, 0) is 18.6 Å². The molecular weight excluding hydrogens is 190 g/mol. The van der Waals surface area contributed by atoms with Gasteiger partial charge in [-0.3, -0.25) is 5.10 Å². The van der Waals surface area contributed by atoms with E-state index in [1.54, 1.807) is 12.4 Å². The van der Waals surface area contributed by atoms with E-state index in [4.69, 9.17) is 0 Å². The Hall–Kier alpha value is -2.17. The monoisotopic (exact) mass is 199 g/mol. The van der Waals surface area contributed by atoms with Crippen LogP contribution in [-0.2, 0) is 0 Å². The van der Waals surface area contributed by atoms with Gasteiger partial charge >= 0.3 is 0 Å². The molecule has 0 bridgehead atoms. The Morgan fingerprint density at radius 1 is 1.27 bits per heavy atom. The van der Waals surface area contributed by atoms with Crippen molar-refractivity contribution in [1.82, 2.24) is 25.1 Å². The molecule has 3 aromatic heterocycles. The number of H-pyrrole nitrogens is 2. The van der Waals surface area contributed by atoms with Gasteiger partial charge in [0.25, 0.3) is 0 Å². The molecule has 0 radical (unpaired) electrons. The average molecular weight is 199 g/mol. The van der Waals surface area contributed by atoms with Crippen LogP contribution in [0.3, 0.4) is 0 Å². The van der Waals surface area contributed by atoms with Gasteiger partial charge in [-0.1, -0.05) is 0 Å². The summed E-state index contributed by atoms with van der Waals surface area (Å²) in [6.45, 7) is 2.00. The van der Waals surface area contributed by atoms with Crippen LogP contribution >= 0.6 is 0 Å². The Balaban J connectivity index is 2.22. The summed E-state index contributed by atoms with van der Waals surface area (Å²) in [6, 6.07) is 2.03. The fourth-order valence-corrected chi connectivity index (χ4v) is 1.52. The van der Waals surface area contributed by atoms with Crippen LogP contribution in [0.15, 0.2) is 24.7 Å². The van der Waals surface area contributed by atoms with Crippen LogP contribution in [0, 0.1) is 6.92 Å². The van der Waals surface area contributed by atoms with Gasteiger partial charge in [-0.2, -0.15) is 5.10 Å². The van der Waals surface area contributed by atoms with E-state index in [1.165, 1.54) is 0 Å². The number of imidazole rings is 1. The fourth-order valence-electron chi connectivity index (χ4n) is 1.52. The minimum atomic E-state index is 0.733. The Bertz CT molecular complexity index is 593. The molecule has 5 nitrogen and oxygen atoms in total. The van der Waals surface area contributed by atoms with Crippen LogP contribution in [0.5, 0.6) is 0 Å². The summed E-state index contributed by atoms with van der Waals surface area (Å²) in [5, 5.41) is 6.63. The first-order valence-corrected chi connectivity index (χ1v) is 4.64. The van der Waals surface area contributed by atoms with Crippen molar-refractivity contribution in [2.45, 2.75) is 6.92 Å². The van der Waals surface area contributed by atoms with E-state index in [2.05, 4.69) is 25.1 Å². The highest BCUT2D eigenvalue weighted by atomic mass is 15.1. The maximum Gasteiger partial charge on any atom is 0.178 e. The lowest BCUT2D eigenvalue weighted by Crippen LogP contribution is -1.77. The van der Waals surface area contributed by atoms with Crippen molar-refractivity contribution in [2.75, 3.05) is 0 Å². The molecular formula is C10H9N5. The fraction of sp³-hybridized carbons (Fsp3) is 0.100. The second kappa shape index (κ2) is 2.91. The third-order valence-corrected chi connectivity index (χ3v) is 2.25. The molecule has 0 saturated carbocycles. The highest BCUT2D eigenvalue weighted by Gasteiger charge is 2.06. The Morgan fingerprint density at radius 3 is 3.00 bits per heavy atom. The van der Waals surface area contributed by atoms with Crippen molar-refractivity contribution in [1.29, 1.82) is 0 Å². The van der Waals surface area contributed by atoms with Gasteiger partial charge in [-0.25, -0.2) is 9.97 Å². The first-order chi connectivity index (χ1) is 7.33. The van der Waals surface area contributed by atoms with Crippen molar-refractivity contribution >= 4 is 11.2 Å². The molecule has 74 valence electrons. The Kier molecular flexibility index (Phi) is 1.58. The van der Waals surface area contributed by atoms with Crippen LogP contribution in [0.4, 0.5) is 0 Å². The second-order valence-corrected chi connectivity index (χ2v) is 3.46. The molecule has 3 rings (SSSR count). The molecule has 0 aliphatic heterocycles. The van der Waals surface area contributed by atoms with Gasteiger partial charge in [0.05, 0.1) is 17.3 Å². The molecule has 0 saturated heterocycles. The summed E-state index contributed by atoms with van der Waals surface area (Å²) >= 11 is 0. The molecule has 3 aromatic rings. The van der Waals surface area contributed by atoms with Crippen LogP contribution in [0.2, 0.25) is 0 Å². The lowest BCUT2D eigenvalue weighted by Gasteiger charge is -1.88. The van der Waals surface area contributed by atoms with Gasteiger partial charge in [0.15, 0.2) is 5.65 Å². The summed E-state index contributed by atoms with van der Waals surface area (Å²) in [7, 11) is 0. The number of aromatic amines is 2. The van der Waals surface area contributed by atoms with Crippen LogP contribution in [-0.4, -0.2) is 25.1 Å². The molecule has 2 N–H and O–H groups in total. The topological polar surface area (TPSA) is 70.2 Å². The third kappa shape index (κ3) is 1.28. The van der Waals surface area contributed by atoms with Gasteiger partial charge in [0.2, 0.25) is 0 Å². The lowest BCUT2D eigenvalue weighted by atomic mass is 10.3. The Morgan fingerprint density at radius 2 is 2.20 bits per heavy atom. The molecule has 0 aromatic carbocycles. The average Bonchev–Trinajstić information content (AvgIpc) is 2.84. The summed E-state index contributed by atoms with van der Waals surface area (Å²) < 4.78 is 0. The van der Waals surface area contributed by atoms with Gasteiger partial charge in [0, 0.05) is 12.4 Å². The summed E-state index contributed by atoms with van der Waals surface area (Å²) in [5.41, 5.74) is 3.73. The van der Waals surface area contributed by atoms with E-state index in [0.717, 1.165) is 28.1 Å². The zero-order chi connectivity index (χ0) is 10.3. The zero-order valence-corrected chi connectivity index (χ0v) is 8.15. The zero-order valence-electron chi connectivity index (χ0n) is 8.15. The van der Waals surface area contributed by atoms with Crippen molar-refractivity contribution in [3.63, 3.8) is 0 Å². The number of aromatic nitrogens is 5. The Labute approximate surface area is 85.6 Å². The number of aryl methyl sites for hydroxylation is 1. The second-order valence-electron chi connectivity index (χ2n) is 3.46. The van der Waals surface area contributed by atoms with Crippen molar-refractivity contribution in [3.8, 4) is 11.4 Å². The number of nitrogens with one attached hydrogen (secondary N) is 2. The van der Waals surface area contributed by atoms with E-state index in [9.17, 15) is 0 Å². The third-order valence-electron chi connectivity index (χ3n) is 2.25. The lowest BCUT2D eigenvalue weighted by molar-refractivity contribution is 1.09. The molecule has 0 atom stereocenters. The minimum absolute atomic E-state index is 0.733. The molecule has 0 spiro atoms. The van der Waals surface area contributed by atoms with Gasteiger partial charge in [0.1, 0.15) is 5.82 Å². The van der Waals surface area contributed by atoms with E-state index >= 15 is 0 Å². The van der Waals surface area contributed by atoms with E-state index in [-0.39, 0.29) is 0 Å². The maximum absolute atomic E-state index is 4.37. The molecule has 0 aliphatic carbocycles. The van der Waals surface area contributed by atoms with Crippen molar-refractivity contribution < 1.29 is 0 Å². The van der Waals surface area contributed by atoms with Crippen LogP contribution < -0.4 is 0 Å². The van der Waals surface area contributed by atoms with E-state index < -0.39 is 0 Å². The first-order valence-electron chi connectivity index (χ1n) is 4.64. The number of fused-ring (bicyclic) bond motifs is 1. The molecule has 3 heterocycles.